The molecule has 0 saturated heterocycles. The summed E-state index contributed by atoms with van der Waals surface area (Å²) in [5.74, 6) is -0.163. The third-order valence-corrected chi connectivity index (χ3v) is 8.17. The molecule has 2 aliphatic carbocycles. The van der Waals surface area contributed by atoms with E-state index in [0.29, 0.717) is 12.3 Å². The second kappa shape index (κ2) is 8.98. The number of rotatable bonds is 9. The molecule has 3 aliphatic rings. The van der Waals surface area contributed by atoms with Gasteiger partial charge in [-0.3, -0.25) is 4.79 Å². The molecule has 1 aliphatic heterocycles. The summed E-state index contributed by atoms with van der Waals surface area (Å²) in [7, 11) is 1.63. The zero-order valence-electron chi connectivity index (χ0n) is 19.1. The highest BCUT2D eigenvalue weighted by Crippen LogP contribution is 2.50. The van der Waals surface area contributed by atoms with Crippen molar-refractivity contribution in [2.75, 3.05) is 7.11 Å². The maximum atomic E-state index is 13.4. The van der Waals surface area contributed by atoms with E-state index in [1.165, 1.54) is 0 Å². The number of hydrogen-bond acceptors (Lipinski definition) is 6. The van der Waals surface area contributed by atoms with Crippen LogP contribution in [0.3, 0.4) is 0 Å². The Morgan fingerprint density at radius 2 is 1.82 bits per heavy atom. The van der Waals surface area contributed by atoms with Crippen molar-refractivity contribution in [3.05, 3.63) is 63.0 Å². The number of aliphatic hydroxyl groups is 1. The molecule has 174 valence electrons. The largest absolute Gasteiger partial charge is 0.504 e. The monoisotopic (exact) mass is 466 g/mol. The predicted octanol–water partition coefficient (Wildman–Crippen LogP) is 5.52. The van der Waals surface area contributed by atoms with Gasteiger partial charge in [-0.2, -0.15) is 0 Å². The smallest absolute Gasteiger partial charge is 0.339 e. The molecule has 2 heterocycles. The number of carbonyl (C=O) groups excluding carboxylic acids is 2. The molecule has 1 aromatic heterocycles. The number of esters is 1. The first kappa shape index (κ1) is 22.2. The van der Waals surface area contributed by atoms with Gasteiger partial charge in [0.2, 0.25) is 5.78 Å². The van der Waals surface area contributed by atoms with Gasteiger partial charge in [-0.1, -0.05) is 25.0 Å². The van der Waals surface area contributed by atoms with Gasteiger partial charge in [0.15, 0.2) is 11.9 Å². The van der Waals surface area contributed by atoms with Gasteiger partial charge in [0, 0.05) is 21.6 Å². The second-order valence-electron chi connectivity index (χ2n) is 9.71. The average molecular weight is 467 g/mol. The number of aryl methyl sites for hydroxylation is 1. The van der Waals surface area contributed by atoms with E-state index in [-0.39, 0.29) is 29.1 Å². The lowest BCUT2D eigenvalue weighted by molar-refractivity contribution is -0.158. The topological polar surface area (TPSA) is 72.8 Å². The Balaban J connectivity index is 1.43. The van der Waals surface area contributed by atoms with Crippen molar-refractivity contribution in [3.63, 3.8) is 0 Å². The summed E-state index contributed by atoms with van der Waals surface area (Å²) in [5.41, 5.74) is 1.22. The number of ketones is 1. The van der Waals surface area contributed by atoms with Crippen LogP contribution in [0.5, 0.6) is 5.75 Å². The molecule has 3 unspecified atom stereocenters. The molecule has 1 aromatic carbocycles. The molecule has 1 N–H and O–H groups in total. The lowest BCUT2D eigenvalue weighted by Crippen LogP contribution is -2.43. The minimum absolute atomic E-state index is 0.158. The van der Waals surface area contributed by atoms with Crippen LogP contribution in [0.2, 0.25) is 0 Å². The third kappa shape index (κ3) is 4.72. The summed E-state index contributed by atoms with van der Waals surface area (Å²) in [5, 5.41) is 11.0. The molecular weight excluding hydrogens is 436 g/mol. The molecular formula is C27H30O5S. The number of thiophene rings is 1. The molecule has 0 radical (unpaired) electrons. The quantitative estimate of drug-likeness (QED) is 0.492. The molecule has 2 aromatic rings. The fourth-order valence-electron chi connectivity index (χ4n) is 5.00. The van der Waals surface area contributed by atoms with Crippen LogP contribution in [0.1, 0.15) is 53.3 Å². The summed E-state index contributed by atoms with van der Waals surface area (Å²) >= 11 is 1.62. The van der Waals surface area contributed by atoms with Gasteiger partial charge >= 0.3 is 5.97 Å². The van der Waals surface area contributed by atoms with E-state index in [0.717, 1.165) is 53.2 Å². The van der Waals surface area contributed by atoms with Crippen LogP contribution in [-0.2, 0) is 20.7 Å². The van der Waals surface area contributed by atoms with Crippen LogP contribution < -0.4 is 4.74 Å². The van der Waals surface area contributed by atoms with Crippen LogP contribution in [0.15, 0.2) is 47.7 Å². The number of ether oxygens (including phenoxy) is 2. The van der Waals surface area contributed by atoms with Crippen molar-refractivity contribution in [1.29, 1.82) is 0 Å². The molecule has 33 heavy (non-hydrogen) atoms. The molecule has 0 spiro atoms. The minimum atomic E-state index is -0.936. The van der Waals surface area contributed by atoms with Crippen LogP contribution >= 0.6 is 11.3 Å². The Kier molecular flexibility index (Phi) is 6.04. The fourth-order valence-corrected chi connectivity index (χ4v) is 6.08. The zero-order chi connectivity index (χ0) is 23.1. The third-order valence-electron chi connectivity index (χ3n) is 7.09. The molecule has 2 fully saturated rings. The van der Waals surface area contributed by atoms with Crippen LogP contribution in [0, 0.1) is 24.7 Å². The molecule has 2 saturated carbocycles. The van der Waals surface area contributed by atoms with Gasteiger partial charge in [0.1, 0.15) is 5.75 Å². The molecule has 0 amide bonds. The Morgan fingerprint density at radius 1 is 1.09 bits per heavy atom. The predicted molar refractivity (Wildman–Crippen MR) is 127 cm³/mol. The van der Waals surface area contributed by atoms with Crippen molar-refractivity contribution >= 4 is 23.1 Å². The van der Waals surface area contributed by atoms with Crippen molar-refractivity contribution in [1.82, 2.24) is 0 Å². The van der Waals surface area contributed by atoms with E-state index in [1.807, 2.05) is 43.3 Å². The number of hydrogen-bond donors (Lipinski definition) is 1. The van der Waals surface area contributed by atoms with Crippen LogP contribution in [0.25, 0.3) is 0 Å². The van der Waals surface area contributed by atoms with Crippen molar-refractivity contribution in [2.45, 2.75) is 57.5 Å². The van der Waals surface area contributed by atoms with E-state index >= 15 is 0 Å². The first-order valence-electron chi connectivity index (χ1n) is 11.8. The maximum Gasteiger partial charge on any atom is 0.339 e. The van der Waals surface area contributed by atoms with Crippen molar-refractivity contribution in [2.24, 2.45) is 17.8 Å². The van der Waals surface area contributed by atoms with Gasteiger partial charge in [0.05, 0.1) is 12.7 Å². The van der Waals surface area contributed by atoms with E-state index in [2.05, 4.69) is 0 Å². The number of benzene rings is 1. The van der Waals surface area contributed by atoms with E-state index in [9.17, 15) is 14.7 Å². The highest BCUT2D eigenvalue weighted by Gasteiger charge is 2.48. The van der Waals surface area contributed by atoms with Crippen LogP contribution in [-0.4, -0.2) is 30.1 Å². The summed E-state index contributed by atoms with van der Waals surface area (Å²) in [4.78, 5) is 28.8. The maximum absolute atomic E-state index is 13.4. The summed E-state index contributed by atoms with van der Waals surface area (Å²) in [6, 6.07) is 11.8. The summed E-state index contributed by atoms with van der Waals surface area (Å²) in [6.07, 6.45) is 4.76. The summed E-state index contributed by atoms with van der Waals surface area (Å²) in [6.45, 7) is 2.02. The Morgan fingerprint density at radius 3 is 2.39 bits per heavy atom. The number of carbonyl (C=O) groups is 2. The van der Waals surface area contributed by atoms with Crippen molar-refractivity contribution in [3.8, 4) is 5.75 Å². The molecule has 5 nitrogen and oxygen atoms in total. The number of cyclic esters (lactones) is 1. The average Bonchev–Trinajstić information content (AvgIpc) is 3.74. The van der Waals surface area contributed by atoms with Gasteiger partial charge in [-0.05, 0) is 74.3 Å². The number of methoxy groups -OCH3 is 1. The number of Topliss-reactive ketones (excluding diaryl/α,β-unsaturated/α-hetero) is 1. The SMILES string of the molecule is COc1ccc(CC(CC2CC2)C2OC(=O)C(C(c3ccc(C)s3)C3CC3)=C(O)C2=O)cc1. The normalized spacial score (nSPS) is 22.8. The molecule has 0 bridgehead atoms. The van der Waals surface area contributed by atoms with Crippen LogP contribution in [0.4, 0.5) is 0 Å². The van der Waals surface area contributed by atoms with Gasteiger partial charge in [0.25, 0.3) is 0 Å². The van der Waals surface area contributed by atoms with Gasteiger partial charge in [-0.15, -0.1) is 11.3 Å². The highest BCUT2D eigenvalue weighted by atomic mass is 32.1. The highest BCUT2D eigenvalue weighted by molar-refractivity contribution is 7.12. The van der Waals surface area contributed by atoms with E-state index < -0.39 is 17.9 Å². The second-order valence-corrected chi connectivity index (χ2v) is 11.0. The fraction of sp³-hybridized carbons (Fsp3) is 0.481. The molecule has 6 heteroatoms. The summed E-state index contributed by atoms with van der Waals surface area (Å²) < 4.78 is 11.1. The Labute approximate surface area is 198 Å². The molecule has 5 rings (SSSR count). The minimum Gasteiger partial charge on any atom is -0.504 e. The standard InChI is InChI=1S/C27H30O5S/c1-15-3-12-21(33-15)22(18-8-9-18)23-24(28)25(29)26(32-27(23)30)19(13-16-4-5-16)14-17-6-10-20(31-2)11-7-17/h3,6-7,10-12,16,18-19,22,26,28H,4-5,8-9,13-14H2,1-2H3. The first-order valence-corrected chi connectivity index (χ1v) is 12.6. The van der Waals surface area contributed by atoms with E-state index in [1.54, 1.807) is 18.4 Å². The lowest BCUT2D eigenvalue weighted by Gasteiger charge is -2.32. The van der Waals surface area contributed by atoms with Gasteiger partial charge < -0.3 is 14.6 Å². The number of aliphatic hydroxyl groups excluding tert-OH is 1. The van der Waals surface area contributed by atoms with E-state index in [4.69, 9.17) is 9.47 Å². The lowest BCUT2D eigenvalue weighted by atomic mass is 9.82. The Hall–Kier alpha value is -2.60. The molecule has 3 atom stereocenters. The zero-order valence-corrected chi connectivity index (χ0v) is 19.9. The Bertz CT molecular complexity index is 1070. The van der Waals surface area contributed by atoms with Gasteiger partial charge in [-0.25, -0.2) is 4.79 Å². The van der Waals surface area contributed by atoms with Crippen molar-refractivity contribution < 1.29 is 24.2 Å². The first-order chi connectivity index (χ1) is 15.9.